The average molecular weight is 321 g/mol. The number of H-pyrrole nitrogens is 1. The Morgan fingerprint density at radius 2 is 1.91 bits per heavy atom. The number of rotatable bonds is 4. The second-order valence-corrected chi connectivity index (χ2v) is 10.3. The summed E-state index contributed by atoms with van der Waals surface area (Å²) in [7, 11) is -1.94. The molecule has 0 atom stereocenters. The Kier molecular flexibility index (Phi) is 4.28. The quantitative estimate of drug-likeness (QED) is 0.881. The van der Waals surface area contributed by atoms with E-state index in [-0.39, 0.29) is 11.7 Å². The lowest BCUT2D eigenvalue weighted by atomic mass is 10.0. The predicted octanol–water partition coefficient (Wildman–Crippen LogP) is 2.59. The Morgan fingerprint density at radius 3 is 2.59 bits per heavy atom. The van der Waals surface area contributed by atoms with Crippen molar-refractivity contribution in [2.75, 3.05) is 39.1 Å². The lowest BCUT2D eigenvalue weighted by Gasteiger charge is -2.32. The topological polar surface area (TPSA) is 58.1 Å². The van der Waals surface area contributed by atoms with Gasteiger partial charge in [-0.05, 0) is 38.3 Å². The fraction of sp³-hybridized carbons (Fsp3) is 0.562. The molecule has 2 aromatic rings. The summed E-state index contributed by atoms with van der Waals surface area (Å²) in [6.07, 6.45) is 2.73. The molecular weight excluding hydrogens is 297 g/mol. The Hall–Kier alpha value is -1.32. The van der Waals surface area contributed by atoms with Gasteiger partial charge in [0.25, 0.3) is 0 Å². The number of likely N-dealkylation sites (tertiary alicyclic amines) is 1. The highest BCUT2D eigenvalue weighted by Gasteiger charge is 2.24. The molecule has 22 heavy (non-hydrogen) atoms. The van der Waals surface area contributed by atoms with Crippen molar-refractivity contribution in [3.63, 3.8) is 0 Å². The van der Waals surface area contributed by atoms with Crippen LogP contribution in [0.2, 0.25) is 0 Å². The molecule has 1 saturated heterocycles. The van der Waals surface area contributed by atoms with Gasteiger partial charge in [-0.1, -0.05) is 12.1 Å². The van der Waals surface area contributed by atoms with Crippen LogP contribution >= 0.6 is 7.14 Å². The fourth-order valence-electron chi connectivity index (χ4n) is 3.22. The molecule has 1 aromatic heterocycles. The highest BCUT2D eigenvalue weighted by atomic mass is 31.2. The number of fused-ring (bicyclic) bond motifs is 1. The molecule has 1 aromatic carbocycles. The maximum atomic E-state index is 12.2. The summed E-state index contributed by atoms with van der Waals surface area (Å²) < 4.78 is 13.7. The summed E-state index contributed by atoms with van der Waals surface area (Å²) >= 11 is 0. The maximum absolute atomic E-state index is 12.2. The van der Waals surface area contributed by atoms with Crippen LogP contribution in [0.25, 0.3) is 11.0 Å². The monoisotopic (exact) mass is 321 g/mol. The van der Waals surface area contributed by atoms with Gasteiger partial charge in [0.15, 0.2) is 0 Å². The third-order valence-corrected chi connectivity index (χ3v) is 5.78. The molecular formula is C16H24N3O2P. The van der Waals surface area contributed by atoms with Crippen LogP contribution in [0.1, 0.15) is 18.9 Å². The molecule has 0 bridgehead atoms. The molecule has 1 N–H and O–H groups in total. The third kappa shape index (κ3) is 3.36. The lowest BCUT2D eigenvalue weighted by Crippen LogP contribution is -2.38. The molecule has 0 spiro atoms. The van der Waals surface area contributed by atoms with Crippen LogP contribution < -0.4 is 5.69 Å². The summed E-state index contributed by atoms with van der Waals surface area (Å²) in [5.74, 6) is 0. The van der Waals surface area contributed by atoms with E-state index in [9.17, 15) is 9.36 Å². The first-order valence-corrected chi connectivity index (χ1v) is 10.7. The molecule has 6 heteroatoms. The van der Waals surface area contributed by atoms with Crippen molar-refractivity contribution in [2.45, 2.75) is 18.9 Å². The zero-order valence-corrected chi connectivity index (χ0v) is 14.2. The van der Waals surface area contributed by atoms with Crippen molar-refractivity contribution < 1.29 is 4.57 Å². The predicted molar refractivity (Wildman–Crippen MR) is 91.6 cm³/mol. The largest absolute Gasteiger partial charge is 0.326 e. The molecule has 0 aliphatic carbocycles. The smallest absolute Gasteiger partial charge is 0.324 e. The van der Waals surface area contributed by atoms with E-state index in [4.69, 9.17) is 0 Å². The van der Waals surface area contributed by atoms with Crippen LogP contribution in [0, 0.1) is 0 Å². The van der Waals surface area contributed by atoms with E-state index in [2.05, 4.69) is 9.88 Å². The van der Waals surface area contributed by atoms with Gasteiger partial charge < -0.3 is 14.4 Å². The van der Waals surface area contributed by atoms with E-state index in [1.165, 1.54) is 0 Å². The van der Waals surface area contributed by atoms with Gasteiger partial charge in [0.05, 0.1) is 18.2 Å². The van der Waals surface area contributed by atoms with Gasteiger partial charge in [0, 0.05) is 31.8 Å². The van der Waals surface area contributed by atoms with Crippen LogP contribution in [0.4, 0.5) is 0 Å². The number of hydrogen-bond acceptors (Lipinski definition) is 3. The van der Waals surface area contributed by atoms with Gasteiger partial charge in [-0.15, -0.1) is 0 Å². The number of benzene rings is 1. The SMILES string of the molecule is CP(C)(=O)CCN1CCC(n2c(=O)[nH]c3ccccc32)CC1. The maximum Gasteiger partial charge on any atom is 0.326 e. The van der Waals surface area contributed by atoms with Crippen LogP contribution in [0.15, 0.2) is 29.1 Å². The Morgan fingerprint density at radius 1 is 1.23 bits per heavy atom. The highest BCUT2D eigenvalue weighted by molar-refractivity contribution is 7.62. The number of nitrogens with one attached hydrogen (secondary N) is 1. The normalized spacial score (nSPS) is 18.1. The van der Waals surface area contributed by atoms with Crippen molar-refractivity contribution in [1.82, 2.24) is 14.5 Å². The molecule has 1 fully saturated rings. The summed E-state index contributed by atoms with van der Waals surface area (Å²) in [5.41, 5.74) is 1.90. The van der Waals surface area contributed by atoms with Gasteiger partial charge >= 0.3 is 5.69 Å². The average Bonchev–Trinajstić information content (AvgIpc) is 2.81. The number of aromatic nitrogens is 2. The van der Waals surface area contributed by atoms with Crippen molar-refractivity contribution in [3.05, 3.63) is 34.7 Å². The van der Waals surface area contributed by atoms with E-state index in [0.717, 1.165) is 49.7 Å². The first-order valence-electron chi connectivity index (χ1n) is 7.90. The highest BCUT2D eigenvalue weighted by Crippen LogP contribution is 2.35. The van der Waals surface area contributed by atoms with Crippen LogP contribution in [0.5, 0.6) is 0 Å². The number of para-hydroxylation sites is 2. The minimum absolute atomic E-state index is 0.00809. The molecule has 120 valence electrons. The van der Waals surface area contributed by atoms with E-state index < -0.39 is 7.14 Å². The summed E-state index contributed by atoms with van der Waals surface area (Å²) in [5, 5.41) is 0. The first kappa shape index (κ1) is 15.6. The Labute approximate surface area is 130 Å². The van der Waals surface area contributed by atoms with Gasteiger partial charge in [-0.3, -0.25) is 4.57 Å². The molecule has 1 aliphatic rings. The molecule has 3 rings (SSSR count). The van der Waals surface area contributed by atoms with E-state index >= 15 is 0 Å². The molecule has 0 saturated carbocycles. The van der Waals surface area contributed by atoms with Crippen molar-refractivity contribution in [1.29, 1.82) is 0 Å². The summed E-state index contributed by atoms with van der Waals surface area (Å²) in [4.78, 5) is 17.5. The van der Waals surface area contributed by atoms with Crippen LogP contribution in [0.3, 0.4) is 0 Å². The summed E-state index contributed by atoms with van der Waals surface area (Å²) in [6.45, 7) is 6.55. The van der Waals surface area contributed by atoms with E-state index in [0.29, 0.717) is 0 Å². The van der Waals surface area contributed by atoms with Crippen molar-refractivity contribution in [2.24, 2.45) is 0 Å². The van der Waals surface area contributed by atoms with E-state index in [1.807, 2.05) is 42.2 Å². The molecule has 0 amide bonds. The minimum atomic E-state index is -1.94. The van der Waals surface area contributed by atoms with Gasteiger partial charge in [-0.25, -0.2) is 4.79 Å². The van der Waals surface area contributed by atoms with Gasteiger partial charge in [0.1, 0.15) is 0 Å². The van der Waals surface area contributed by atoms with Gasteiger partial charge in [0.2, 0.25) is 0 Å². The number of piperidine rings is 1. The summed E-state index contributed by atoms with van der Waals surface area (Å²) in [6, 6.07) is 8.13. The van der Waals surface area contributed by atoms with Gasteiger partial charge in [-0.2, -0.15) is 0 Å². The molecule has 2 heterocycles. The Balaban J connectivity index is 1.69. The number of aromatic amines is 1. The third-order valence-electron chi connectivity index (χ3n) is 4.50. The minimum Gasteiger partial charge on any atom is -0.324 e. The van der Waals surface area contributed by atoms with Crippen LogP contribution in [-0.4, -0.2) is 53.6 Å². The number of hydrogen-bond donors (Lipinski definition) is 1. The van der Waals surface area contributed by atoms with Crippen molar-refractivity contribution >= 4 is 18.2 Å². The zero-order valence-electron chi connectivity index (χ0n) is 13.3. The second kappa shape index (κ2) is 6.05. The molecule has 1 aliphatic heterocycles. The lowest BCUT2D eigenvalue weighted by molar-refractivity contribution is 0.195. The standard InChI is InChI=1S/C16H24N3O2P/c1-22(2,21)12-11-18-9-7-13(8-10-18)19-15-6-4-3-5-14(15)17-16(19)20/h3-6,13H,7-12H2,1-2H3,(H,17,20). The van der Waals surface area contributed by atoms with E-state index in [1.54, 1.807) is 0 Å². The van der Waals surface area contributed by atoms with Crippen molar-refractivity contribution in [3.8, 4) is 0 Å². The molecule has 0 radical (unpaired) electrons. The molecule has 5 nitrogen and oxygen atoms in total. The first-order chi connectivity index (χ1) is 10.4. The number of imidazole rings is 1. The number of nitrogens with zero attached hydrogens (tertiary/aromatic N) is 2. The van der Waals surface area contributed by atoms with Crippen LogP contribution in [-0.2, 0) is 4.57 Å². The zero-order chi connectivity index (χ0) is 15.7. The molecule has 0 unspecified atom stereocenters. The second-order valence-electron chi connectivity index (χ2n) is 6.69. The fourth-order valence-corrected chi connectivity index (χ4v) is 3.98. The Bertz CT molecular complexity index is 750.